The van der Waals surface area contributed by atoms with E-state index in [4.69, 9.17) is 9.15 Å². The summed E-state index contributed by atoms with van der Waals surface area (Å²) in [4.78, 5) is 28.4. The second-order valence-corrected chi connectivity index (χ2v) is 5.69. The van der Waals surface area contributed by atoms with Crippen molar-refractivity contribution in [1.29, 1.82) is 0 Å². The van der Waals surface area contributed by atoms with Gasteiger partial charge in [-0.15, -0.1) is 0 Å². The first-order valence-corrected chi connectivity index (χ1v) is 8.15. The monoisotopic (exact) mass is 340 g/mol. The zero-order valence-corrected chi connectivity index (χ0v) is 13.9. The van der Waals surface area contributed by atoms with Gasteiger partial charge in [0.2, 0.25) is 0 Å². The van der Waals surface area contributed by atoms with Crippen LogP contribution in [0.2, 0.25) is 0 Å². The van der Waals surface area contributed by atoms with Gasteiger partial charge in [0.1, 0.15) is 12.4 Å². The molecule has 0 saturated carbocycles. The number of piperazine rings is 1. The van der Waals surface area contributed by atoms with Crippen LogP contribution in [-0.4, -0.2) is 54.4 Å². The second kappa shape index (κ2) is 7.70. The Balaban J connectivity index is 1.60. The van der Waals surface area contributed by atoms with E-state index in [2.05, 4.69) is 6.58 Å². The van der Waals surface area contributed by atoms with Crippen molar-refractivity contribution in [2.75, 3.05) is 32.8 Å². The van der Waals surface area contributed by atoms with Crippen molar-refractivity contribution in [3.05, 3.63) is 66.6 Å². The van der Waals surface area contributed by atoms with Crippen LogP contribution in [0.3, 0.4) is 0 Å². The van der Waals surface area contributed by atoms with Crippen molar-refractivity contribution in [3.8, 4) is 5.75 Å². The molecule has 130 valence electrons. The summed E-state index contributed by atoms with van der Waals surface area (Å²) in [5, 5.41) is 0. The summed E-state index contributed by atoms with van der Waals surface area (Å²) >= 11 is 0. The molecule has 6 nitrogen and oxygen atoms in total. The van der Waals surface area contributed by atoms with E-state index in [1.807, 2.05) is 0 Å². The van der Waals surface area contributed by atoms with Crippen LogP contribution in [-0.2, 0) is 0 Å². The third kappa shape index (κ3) is 3.91. The molecule has 1 aliphatic rings. The maximum absolute atomic E-state index is 12.7. The van der Waals surface area contributed by atoms with Crippen molar-refractivity contribution in [3.63, 3.8) is 0 Å². The number of rotatable bonds is 5. The quantitative estimate of drug-likeness (QED) is 0.784. The second-order valence-electron chi connectivity index (χ2n) is 5.69. The Labute approximate surface area is 146 Å². The van der Waals surface area contributed by atoms with E-state index in [0.29, 0.717) is 49.9 Å². The Kier molecular flexibility index (Phi) is 5.18. The van der Waals surface area contributed by atoms with Crippen LogP contribution in [0.15, 0.2) is 59.7 Å². The number of carbonyl (C=O) groups is 2. The maximum Gasteiger partial charge on any atom is 0.289 e. The molecule has 2 amide bonds. The average Bonchev–Trinajstić information content (AvgIpc) is 3.20. The number of nitrogens with zero attached hydrogens (tertiary/aromatic N) is 2. The molecule has 0 radical (unpaired) electrons. The van der Waals surface area contributed by atoms with Gasteiger partial charge < -0.3 is 19.0 Å². The van der Waals surface area contributed by atoms with Gasteiger partial charge in [-0.05, 0) is 30.3 Å². The lowest BCUT2D eigenvalue weighted by Crippen LogP contribution is -2.50. The molecule has 0 N–H and O–H groups in total. The fourth-order valence-electron chi connectivity index (χ4n) is 2.73. The zero-order valence-electron chi connectivity index (χ0n) is 13.9. The van der Waals surface area contributed by atoms with Crippen LogP contribution in [0.1, 0.15) is 20.9 Å². The zero-order chi connectivity index (χ0) is 17.6. The van der Waals surface area contributed by atoms with Gasteiger partial charge in [-0.25, -0.2) is 0 Å². The van der Waals surface area contributed by atoms with Crippen LogP contribution in [0.5, 0.6) is 5.75 Å². The van der Waals surface area contributed by atoms with Gasteiger partial charge in [-0.1, -0.05) is 18.7 Å². The third-order valence-corrected chi connectivity index (χ3v) is 4.03. The van der Waals surface area contributed by atoms with E-state index in [0.717, 1.165) is 0 Å². The van der Waals surface area contributed by atoms with Crippen LogP contribution in [0.4, 0.5) is 0 Å². The van der Waals surface area contributed by atoms with Crippen molar-refractivity contribution in [1.82, 2.24) is 9.80 Å². The molecule has 0 atom stereocenters. The highest BCUT2D eigenvalue weighted by molar-refractivity contribution is 5.95. The Morgan fingerprint density at radius 3 is 2.44 bits per heavy atom. The number of hydrogen-bond donors (Lipinski definition) is 0. The van der Waals surface area contributed by atoms with Gasteiger partial charge >= 0.3 is 0 Å². The topological polar surface area (TPSA) is 63.0 Å². The van der Waals surface area contributed by atoms with Crippen molar-refractivity contribution in [2.24, 2.45) is 0 Å². The lowest BCUT2D eigenvalue weighted by Gasteiger charge is -2.34. The van der Waals surface area contributed by atoms with E-state index in [-0.39, 0.29) is 11.8 Å². The van der Waals surface area contributed by atoms with E-state index in [1.54, 1.807) is 52.3 Å². The molecule has 25 heavy (non-hydrogen) atoms. The minimum atomic E-state index is -0.142. The lowest BCUT2D eigenvalue weighted by atomic mass is 10.1. The Morgan fingerprint density at radius 2 is 1.80 bits per heavy atom. The van der Waals surface area contributed by atoms with Crippen LogP contribution >= 0.6 is 0 Å². The highest BCUT2D eigenvalue weighted by Crippen LogP contribution is 2.17. The molecule has 1 saturated heterocycles. The fraction of sp³-hybridized carbons (Fsp3) is 0.263. The summed E-state index contributed by atoms with van der Waals surface area (Å²) in [5.41, 5.74) is 0.576. The van der Waals surface area contributed by atoms with Crippen LogP contribution in [0.25, 0.3) is 0 Å². The number of amides is 2. The van der Waals surface area contributed by atoms with E-state index in [9.17, 15) is 9.59 Å². The smallest absolute Gasteiger partial charge is 0.289 e. The fourth-order valence-corrected chi connectivity index (χ4v) is 2.73. The summed E-state index contributed by atoms with van der Waals surface area (Å²) in [6, 6.07) is 10.4. The first-order chi connectivity index (χ1) is 12.2. The summed E-state index contributed by atoms with van der Waals surface area (Å²) in [6.45, 7) is 5.95. The normalized spacial score (nSPS) is 14.2. The maximum atomic E-state index is 12.7. The summed E-state index contributed by atoms with van der Waals surface area (Å²) < 4.78 is 10.6. The molecular weight excluding hydrogens is 320 g/mol. The standard InChI is InChI=1S/C19H20N2O4/c1-2-12-24-16-6-3-5-15(14-16)18(22)20-8-10-21(11-9-20)19(23)17-7-4-13-25-17/h2-7,13-14H,1,8-12H2. The molecule has 2 heterocycles. The number of benzene rings is 1. The summed E-state index contributed by atoms with van der Waals surface area (Å²) in [5.74, 6) is 0.760. The minimum Gasteiger partial charge on any atom is -0.490 e. The third-order valence-electron chi connectivity index (χ3n) is 4.03. The Morgan fingerprint density at radius 1 is 1.08 bits per heavy atom. The molecule has 0 aliphatic carbocycles. The predicted octanol–water partition coefficient (Wildman–Crippen LogP) is 2.44. The Hall–Kier alpha value is -3.02. The van der Waals surface area contributed by atoms with Gasteiger partial charge in [0, 0.05) is 31.7 Å². The summed E-state index contributed by atoms with van der Waals surface area (Å²) in [7, 11) is 0. The molecule has 0 spiro atoms. The van der Waals surface area contributed by atoms with Crippen molar-refractivity contribution >= 4 is 11.8 Å². The van der Waals surface area contributed by atoms with Gasteiger partial charge in [0.25, 0.3) is 11.8 Å². The van der Waals surface area contributed by atoms with E-state index >= 15 is 0 Å². The van der Waals surface area contributed by atoms with Gasteiger partial charge in [0.05, 0.1) is 6.26 Å². The highest BCUT2D eigenvalue weighted by Gasteiger charge is 2.26. The van der Waals surface area contributed by atoms with E-state index in [1.165, 1.54) is 6.26 Å². The number of carbonyl (C=O) groups excluding carboxylic acids is 2. The molecule has 2 aromatic rings. The molecule has 1 fully saturated rings. The van der Waals surface area contributed by atoms with Crippen LogP contribution < -0.4 is 4.74 Å². The highest BCUT2D eigenvalue weighted by atomic mass is 16.5. The van der Waals surface area contributed by atoms with Crippen molar-refractivity contribution < 1.29 is 18.7 Å². The number of hydrogen-bond acceptors (Lipinski definition) is 4. The SMILES string of the molecule is C=CCOc1cccc(C(=O)N2CCN(C(=O)c3ccco3)CC2)c1. The first kappa shape index (κ1) is 16.8. The number of furan rings is 1. The Bertz CT molecular complexity index is 747. The summed E-state index contributed by atoms with van der Waals surface area (Å²) in [6.07, 6.45) is 3.14. The molecule has 3 rings (SSSR count). The van der Waals surface area contributed by atoms with Crippen molar-refractivity contribution in [2.45, 2.75) is 0 Å². The molecule has 0 unspecified atom stereocenters. The lowest BCUT2D eigenvalue weighted by molar-refractivity contribution is 0.0518. The molecule has 1 aromatic heterocycles. The average molecular weight is 340 g/mol. The molecular formula is C19H20N2O4. The first-order valence-electron chi connectivity index (χ1n) is 8.15. The van der Waals surface area contributed by atoms with Gasteiger partial charge in [-0.3, -0.25) is 9.59 Å². The van der Waals surface area contributed by atoms with Gasteiger partial charge in [0.15, 0.2) is 5.76 Å². The van der Waals surface area contributed by atoms with Gasteiger partial charge in [-0.2, -0.15) is 0 Å². The van der Waals surface area contributed by atoms with E-state index < -0.39 is 0 Å². The minimum absolute atomic E-state index is 0.0610. The molecule has 6 heteroatoms. The number of ether oxygens (including phenoxy) is 1. The molecule has 1 aromatic carbocycles. The largest absolute Gasteiger partial charge is 0.490 e. The molecule has 1 aliphatic heterocycles. The molecule has 0 bridgehead atoms. The van der Waals surface area contributed by atoms with Crippen LogP contribution in [0, 0.1) is 0 Å². The predicted molar refractivity (Wildman–Crippen MR) is 92.6 cm³/mol.